The van der Waals surface area contributed by atoms with Crippen LogP contribution in [0.15, 0.2) is 47.0 Å². The number of hydrogen-bond donors (Lipinski definition) is 1. The van der Waals surface area contributed by atoms with Crippen LogP contribution in [0.5, 0.6) is 5.75 Å². The summed E-state index contributed by atoms with van der Waals surface area (Å²) < 4.78 is 11.1. The van der Waals surface area contributed by atoms with Crippen LogP contribution in [0.25, 0.3) is 11.4 Å². The van der Waals surface area contributed by atoms with Crippen molar-refractivity contribution in [2.45, 2.75) is 52.2 Å². The summed E-state index contributed by atoms with van der Waals surface area (Å²) in [5.41, 5.74) is 4.73. The first kappa shape index (κ1) is 19.2. The molecule has 0 unspecified atom stereocenters. The van der Waals surface area contributed by atoms with E-state index in [2.05, 4.69) is 27.6 Å². The van der Waals surface area contributed by atoms with E-state index in [9.17, 15) is 4.79 Å². The van der Waals surface area contributed by atoms with Crippen molar-refractivity contribution in [3.05, 3.63) is 65.0 Å². The number of nitrogens with one attached hydrogen (secondary N) is 1. The molecule has 0 radical (unpaired) electrons. The van der Waals surface area contributed by atoms with E-state index in [1.165, 1.54) is 24.0 Å². The summed E-state index contributed by atoms with van der Waals surface area (Å²) in [7, 11) is 0. The van der Waals surface area contributed by atoms with Gasteiger partial charge in [0.25, 0.3) is 5.91 Å². The van der Waals surface area contributed by atoms with Crippen LogP contribution >= 0.6 is 0 Å². The third-order valence-corrected chi connectivity index (χ3v) is 5.16. The van der Waals surface area contributed by atoms with Gasteiger partial charge in [0.2, 0.25) is 11.7 Å². The van der Waals surface area contributed by atoms with E-state index < -0.39 is 6.10 Å². The van der Waals surface area contributed by atoms with Gasteiger partial charge in [0.05, 0.1) is 6.54 Å². The predicted molar refractivity (Wildman–Crippen MR) is 109 cm³/mol. The first-order chi connectivity index (χ1) is 14.1. The van der Waals surface area contributed by atoms with Crippen molar-refractivity contribution in [3.8, 4) is 17.1 Å². The average Bonchev–Trinajstić information content (AvgIpc) is 3.21. The molecule has 4 rings (SSSR count). The Kier molecular flexibility index (Phi) is 5.60. The summed E-state index contributed by atoms with van der Waals surface area (Å²) in [5.74, 6) is 1.37. The molecule has 0 aliphatic heterocycles. The fourth-order valence-electron chi connectivity index (χ4n) is 3.58. The molecule has 150 valence electrons. The molecule has 3 aromatic rings. The van der Waals surface area contributed by atoms with Crippen molar-refractivity contribution in [2.24, 2.45) is 0 Å². The smallest absolute Gasteiger partial charge is 0.261 e. The molecule has 1 atom stereocenters. The molecule has 6 heteroatoms. The number of carbonyl (C=O) groups is 1. The summed E-state index contributed by atoms with van der Waals surface area (Å²) in [6.07, 6.45) is 4.04. The van der Waals surface area contributed by atoms with E-state index in [0.717, 1.165) is 29.7 Å². The SMILES string of the molecule is Cc1cccc(-c2noc(CNC(=O)[C@H](C)Oc3ccc4c(c3)CCCC4)n2)c1. The minimum atomic E-state index is -0.615. The Morgan fingerprint density at radius 2 is 2.00 bits per heavy atom. The van der Waals surface area contributed by atoms with E-state index in [1.54, 1.807) is 6.92 Å². The summed E-state index contributed by atoms with van der Waals surface area (Å²) in [6, 6.07) is 14.0. The third kappa shape index (κ3) is 4.65. The van der Waals surface area contributed by atoms with E-state index in [-0.39, 0.29) is 12.5 Å². The Balaban J connectivity index is 1.32. The van der Waals surface area contributed by atoms with Crippen molar-refractivity contribution in [1.29, 1.82) is 0 Å². The third-order valence-electron chi connectivity index (χ3n) is 5.16. The Hall–Kier alpha value is -3.15. The van der Waals surface area contributed by atoms with Gasteiger partial charge in [-0.1, -0.05) is 35.0 Å². The van der Waals surface area contributed by atoms with Crippen LogP contribution < -0.4 is 10.1 Å². The molecule has 0 saturated heterocycles. The van der Waals surface area contributed by atoms with Gasteiger partial charge in [0.1, 0.15) is 5.75 Å². The van der Waals surface area contributed by atoms with E-state index in [0.29, 0.717) is 11.7 Å². The maximum Gasteiger partial charge on any atom is 0.261 e. The van der Waals surface area contributed by atoms with Crippen LogP contribution in [0, 0.1) is 6.92 Å². The number of amides is 1. The van der Waals surface area contributed by atoms with Gasteiger partial charge in [0.15, 0.2) is 6.10 Å². The molecule has 2 aromatic carbocycles. The lowest BCUT2D eigenvalue weighted by Gasteiger charge is -2.19. The molecule has 0 bridgehead atoms. The van der Waals surface area contributed by atoms with Crippen molar-refractivity contribution >= 4 is 5.91 Å². The lowest BCUT2D eigenvalue weighted by atomic mass is 9.92. The van der Waals surface area contributed by atoms with Crippen LogP contribution in [-0.4, -0.2) is 22.2 Å². The second kappa shape index (κ2) is 8.47. The van der Waals surface area contributed by atoms with Gasteiger partial charge in [-0.2, -0.15) is 4.98 Å². The predicted octanol–water partition coefficient (Wildman–Crippen LogP) is 4.01. The Morgan fingerprint density at radius 3 is 2.83 bits per heavy atom. The van der Waals surface area contributed by atoms with Crippen LogP contribution in [0.1, 0.15) is 42.3 Å². The highest BCUT2D eigenvalue weighted by Crippen LogP contribution is 2.26. The summed E-state index contributed by atoms with van der Waals surface area (Å²) in [6.45, 7) is 3.91. The number of hydrogen-bond acceptors (Lipinski definition) is 5. The first-order valence-corrected chi connectivity index (χ1v) is 10.0. The number of carbonyl (C=O) groups excluding carboxylic acids is 1. The first-order valence-electron chi connectivity index (χ1n) is 10.0. The van der Waals surface area contributed by atoms with Crippen LogP contribution in [0.3, 0.4) is 0 Å². The second-order valence-corrected chi connectivity index (χ2v) is 7.50. The van der Waals surface area contributed by atoms with Crippen molar-refractivity contribution in [1.82, 2.24) is 15.5 Å². The molecule has 1 amide bonds. The highest BCUT2D eigenvalue weighted by Gasteiger charge is 2.17. The second-order valence-electron chi connectivity index (χ2n) is 7.50. The van der Waals surface area contributed by atoms with Gasteiger partial charge in [-0.3, -0.25) is 4.79 Å². The van der Waals surface area contributed by atoms with Gasteiger partial charge in [-0.05, 0) is 68.9 Å². The zero-order chi connectivity index (χ0) is 20.2. The minimum absolute atomic E-state index is 0.162. The normalized spacial score (nSPS) is 14.1. The number of aryl methyl sites for hydroxylation is 3. The largest absolute Gasteiger partial charge is 0.481 e. The minimum Gasteiger partial charge on any atom is -0.481 e. The fraction of sp³-hybridized carbons (Fsp3) is 0.348. The molecule has 6 nitrogen and oxygen atoms in total. The topological polar surface area (TPSA) is 77.2 Å². The monoisotopic (exact) mass is 391 g/mol. The van der Waals surface area contributed by atoms with E-state index in [4.69, 9.17) is 9.26 Å². The van der Waals surface area contributed by atoms with Gasteiger partial charge >= 0.3 is 0 Å². The molecular formula is C23H25N3O3. The highest BCUT2D eigenvalue weighted by atomic mass is 16.5. The Bertz CT molecular complexity index is 1010. The zero-order valence-electron chi connectivity index (χ0n) is 16.8. The summed E-state index contributed by atoms with van der Waals surface area (Å²) in [5, 5.41) is 6.79. The van der Waals surface area contributed by atoms with Crippen molar-refractivity contribution in [3.63, 3.8) is 0 Å². The van der Waals surface area contributed by atoms with Crippen LogP contribution in [0.4, 0.5) is 0 Å². The number of rotatable bonds is 6. The number of ether oxygens (including phenoxy) is 1. The number of nitrogens with zero attached hydrogens (tertiary/aromatic N) is 2. The Morgan fingerprint density at radius 1 is 1.17 bits per heavy atom. The molecule has 0 saturated carbocycles. The molecular weight excluding hydrogens is 366 g/mol. The molecule has 29 heavy (non-hydrogen) atoms. The maximum atomic E-state index is 12.4. The molecule has 1 aliphatic rings. The molecule has 1 aliphatic carbocycles. The van der Waals surface area contributed by atoms with E-state index in [1.807, 2.05) is 37.3 Å². The maximum absolute atomic E-state index is 12.4. The van der Waals surface area contributed by atoms with Crippen molar-refractivity contribution < 1.29 is 14.1 Å². The molecule has 0 fully saturated rings. The van der Waals surface area contributed by atoms with Gasteiger partial charge in [-0.25, -0.2) is 0 Å². The van der Waals surface area contributed by atoms with Gasteiger partial charge < -0.3 is 14.6 Å². The zero-order valence-corrected chi connectivity index (χ0v) is 16.8. The fourth-order valence-corrected chi connectivity index (χ4v) is 3.58. The van der Waals surface area contributed by atoms with Gasteiger partial charge in [0, 0.05) is 5.56 Å². The van der Waals surface area contributed by atoms with Crippen molar-refractivity contribution in [2.75, 3.05) is 0 Å². The van der Waals surface area contributed by atoms with Crippen LogP contribution in [-0.2, 0) is 24.2 Å². The summed E-state index contributed by atoms with van der Waals surface area (Å²) in [4.78, 5) is 16.8. The number of aromatic nitrogens is 2. The lowest BCUT2D eigenvalue weighted by molar-refractivity contribution is -0.127. The quantitative estimate of drug-likeness (QED) is 0.687. The lowest BCUT2D eigenvalue weighted by Crippen LogP contribution is -2.36. The number of benzene rings is 2. The highest BCUT2D eigenvalue weighted by molar-refractivity contribution is 5.80. The number of fused-ring (bicyclic) bond motifs is 1. The molecule has 1 N–H and O–H groups in total. The molecule has 0 spiro atoms. The van der Waals surface area contributed by atoms with Crippen LogP contribution in [0.2, 0.25) is 0 Å². The summed E-state index contributed by atoms with van der Waals surface area (Å²) >= 11 is 0. The standard InChI is InChI=1S/C23H25N3O3/c1-15-6-5-9-19(12-15)22-25-21(29-26-22)14-24-23(27)16(2)28-20-11-10-17-7-3-4-8-18(17)13-20/h5-6,9-13,16H,3-4,7-8,14H2,1-2H3,(H,24,27)/t16-/m0/s1. The average molecular weight is 391 g/mol. The molecule has 1 aromatic heterocycles. The molecule has 1 heterocycles. The van der Waals surface area contributed by atoms with E-state index >= 15 is 0 Å². The van der Waals surface area contributed by atoms with Gasteiger partial charge in [-0.15, -0.1) is 0 Å². The Labute approximate surface area is 170 Å².